The number of nitrogens with zero attached hydrogens (tertiary/aromatic N) is 12. The van der Waals surface area contributed by atoms with E-state index in [1.165, 1.54) is 114 Å². The molecule has 0 aliphatic carbocycles. The fourth-order valence-corrected chi connectivity index (χ4v) is 15.8. The number of aromatic nitrogens is 8. The van der Waals surface area contributed by atoms with Gasteiger partial charge in [0.2, 0.25) is 0 Å². The van der Waals surface area contributed by atoms with Crippen molar-refractivity contribution in [2.75, 3.05) is 85.2 Å². The molecule has 0 atom stereocenters. The molecule has 0 spiro atoms. The molecule has 641 valence electrons. The normalized spacial score (nSPS) is 12.5. The van der Waals surface area contributed by atoms with E-state index in [1.807, 2.05) is 34.5 Å². The summed E-state index contributed by atoms with van der Waals surface area (Å²) >= 11 is 15.2. The number of amides is 2. The third-order valence-corrected chi connectivity index (χ3v) is 22.1. The Balaban J connectivity index is 0.000000187. The fourth-order valence-electron chi connectivity index (χ4n) is 11.6. The number of rotatable bonds is 24. The summed E-state index contributed by atoms with van der Waals surface area (Å²) in [4.78, 5) is 72.4. The van der Waals surface area contributed by atoms with Crippen molar-refractivity contribution < 1.29 is 69.3 Å². The van der Waals surface area contributed by atoms with E-state index in [4.69, 9.17) is 32.6 Å². The van der Waals surface area contributed by atoms with Crippen molar-refractivity contribution in [1.82, 2.24) is 76.4 Å². The van der Waals surface area contributed by atoms with Crippen LogP contribution in [0.5, 0.6) is 0 Å². The van der Waals surface area contributed by atoms with Crippen molar-refractivity contribution >= 4 is 128 Å². The monoisotopic (exact) mass is 1880 g/mol. The SMILES string of the molecule is CB(O)N1CCNCC1.CC(C)NC(=O)c1csc(-c2c(-c3ccc(F)cc3)noc2CBr)n1.CC(C)NC(=O)c1csc(-c2c(-c3ccc(F)cc3)noc2CN2CCNCC2)n1.CCN(CC)CC.CCOC(=O)c1csc(-c2c(-c3ccc(F)cc3)noc2C)n1.CCOC(=O)c1csc(-c2c(-c3ccc(F)cc3)noc2CBr)n1.[B]=NS. The van der Waals surface area contributed by atoms with E-state index < -0.39 is 11.9 Å². The maximum absolute atomic E-state index is 13.4. The molecule has 2 fully saturated rings. The van der Waals surface area contributed by atoms with Gasteiger partial charge in [0.1, 0.15) is 83.2 Å². The molecule has 14 rings (SSSR count). The molecule has 40 heteroatoms. The van der Waals surface area contributed by atoms with Gasteiger partial charge in [0, 0.05) is 108 Å². The predicted molar refractivity (Wildman–Crippen MR) is 476 cm³/mol. The van der Waals surface area contributed by atoms with Gasteiger partial charge in [-0.25, -0.2) is 47.1 Å². The Bertz CT molecular complexity index is 5210. The number of hydrogen-bond donors (Lipinski definition) is 6. The van der Waals surface area contributed by atoms with E-state index >= 15 is 0 Å². The van der Waals surface area contributed by atoms with E-state index in [9.17, 15) is 36.7 Å². The predicted octanol–water partition coefficient (Wildman–Crippen LogP) is 17.1. The summed E-state index contributed by atoms with van der Waals surface area (Å²) < 4.78 is 87.2. The van der Waals surface area contributed by atoms with E-state index in [1.54, 1.807) is 90.8 Å². The summed E-state index contributed by atoms with van der Waals surface area (Å²) in [5.74, 6) is -0.207. The molecular formula is C81H93B2Br2F4N16O11S5. The third-order valence-electron chi connectivity index (χ3n) is 17.6. The van der Waals surface area contributed by atoms with Crippen LogP contribution in [0, 0.1) is 30.2 Å². The van der Waals surface area contributed by atoms with Gasteiger partial charge in [0.15, 0.2) is 28.7 Å². The van der Waals surface area contributed by atoms with Crippen LogP contribution in [-0.2, 0) is 26.7 Å². The summed E-state index contributed by atoms with van der Waals surface area (Å²) in [5, 5.41) is 47.9. The average molecular weight is 1880 g/mol. The molecular weight excluding hydrogens is 1790 g/mol. The van der Waals surface area contributed by atoms with Gasteiger partial charge in [-0.1, -0.05) is 73.3 Å². The number of alkyl halides is 2. The molecule has 2 aliphatic rings. The molecule has 10 heterocycles. The van der Waals surface area contributed by atoms with Crippen molar-refractivity contribution in [1.29, 1.82) is 0 Å². The molecule has 12 aromatic rings. The van der Waals surface area contributed by atoms with Crippen LogP contribution in [-0.4, -0.2) is 196 Å². The zero-order chi connectivity index (χ0) is 87.7. The molecule has 121 heavy (non-hydrogen) atoms. The molecule has 0 bridgehead atoms. The Morgan fingerprint density at radius 2 is 0.826 bits per heavy atom. The second-order valence-electron chi connectivity index (χ2n) is 26.8. The number of benzene rings is 4. The Kier molecular flexibility index (Phi) is 40.1. The number of aryl methyl sites for hydroxylation is 1. The first kappa shape index (κ1) is 97.3. The third kappa shape index (κ3) is 28.4. The second kappa shape index (κ2) is 49.8. The number of halogens is 6. The molecule has 0 unspecified atom stereocenters. The minimum absolute atomic E-state index is 0.0243. The number of carbonyl (C=O) groups excluding carboxylic acids is 4. The number of nitrogens with one attached hydrogen (secondary N) is 4. The fraction of sp³-hybridized carbons (Fsp3) is 0.358. The summed E-state index contributed by atoms with van der Waals surface area (Å²) in [6, 6.07) is 24.1. The summed E-state index contributed by atoms with van der Waals surface area (Å²) in [6.45, 7) is 33.5. The summed E-state index contributed by atoms with van der Waals surface area (Å²) in [5.41, 5.74) is 9.19. The van der Waals surface area contributed by atoms with E-state index in [2.05, 4.69) is 154 Å². The first-order valence-corrected chi connectivity index (χ1v) is 44.7. The van der Waals surface area contributed by atoms with Gasteiger partial charge >= 0.3 is 43.7 Å². The van der Waals surface area contributed by atoms with Gasteiger partial charge in [-0.05, 0) is 172 Å². The molecule has 5 N–H and O–H groups in total. The molecule has 27 nitrogen and oxygen atoms in total. The molecule has 8 aromatic heterocycles. The Labute approximate surface area is 738 Å². The molecule has 4 aromatic carbocycles. The maximum atomic E-state index is 13.4. The summed E-state index contributed by atoms with van der Waals surface area (Å²) in [7, 11) is 4.07. The zero-order valence-electron chi connectivity index (χ0n) is 68.4. The van der Waals surface area contributed by atoms with Gasteiger partial charge < -0.3 is 63.6 Å². The van der Waals surface area contributed by atoms with Gasteiger partial charge in [-0.15, -0.1) is 45.3 Å². The van der Waals surface area contributed by atoms with Gasteiger partial charge in [-0.3, -0.25) is 14.5 Å². The van der Waals surface area contributed by atoms with E-state index in [0.29, 0.717) is 129 Å². The molecule has 2 saturated heterocycles. The van der Waals surface area contributed by atoms with Crippen LogP contribution >= 0.6 is 90.0 Å². The molecule has 2 amide bonds. The Hall–Kier alpha value is -9.16. The topological polar surface area (TPSA) is 333 Å². The second-order valence-corrected chi connectivity index (χ2v) is 31.6. The number of esters is 2. The zero-order valence-corrected chi connectivity index (χ0v) is 75.7. The first-order chi connectivity index (χ1) is 58.3. The quantitative estimate of drug-likeness (QED) is 0.0108. The van der Waals surface area contributed by atoms with Gasteiger partial charge in [0.25, 0.3) is 11.8 Å². The average Bonchev–Trinajstić information content (AvgIpc) is 1.66. The first-order valence-electron chi connectivity index (χ1n) is 38.5. The van der Waals surface area contributed by atoms with Crippen LogP contribution in [0.3, 0.4) is 0 Å². The Morgan fingerprint density at radius 3 is 1.13 bits per heavy atom. The van der Waals surface area contributed by atoms with E-state index in [0.717, 1.165) is 69.0 Å². The molecule has 1 radical (unpaired) electrons. The van der Waals surface area contributed by atoms with Crippen LogP contribution < -0.4 is 21.3 Å². The van der Waals surface area contributed by atoms with Crippen molar-refractivity contribution in [2.24, 2.45) is 4.30 Å². The number of thiol groups is 1. The van der Waals surface area contributed by atoms with Crippen LogP contribution in [0.15, 0.2) is 141 Å². The standard InChI is InChI=1S/C21H24FN5O2S.C17H15BrFN3O2S.C16H12BrFN2O3S.C16H13FN2O3S.C6H15N.C5H13BN2O.BHNS/c1-13(2)24-20(28)16-12-30-21(25-16)18-17(11-27-9-7-23-8-10-27)29-26-19(18)14-3-5-15(22)6-4-14;1-9(2)20-16(23)12-8-25-17(21-12)14-13(7-18)24-22-15(14)10-3-5-11(19)6-4-10;1-2-22-16(21)11-8-24-15(19-11)13-12(7-17)23-20-14(13)9-3-5-10(18)6-4-9;1-3-21-16(20)12-8-23-15(18-12)13-9(2)22-19-14(13)10-4-6-11(17)7-5-10;1-4-7(5-2)6-3;1-6(9)8-4-2-7-3-5-8;1-2-3/h3-6,12-13,23H,7-11H2,1-2H3,(H,24,28);3-6,8-9H,7H2,1-2H3,(H,20,23);3-6,8H,2,7H2,1H3;4-8H,3H2,1-2H3;4-6H2,1-3H3;7,9H,2-5H2,1H3;3H. The van der Waals surface area contributed by atoms with Crippen molar-refractivity contribution in [3.8, 4) is 87.3 Å². The number of thiazole rings is 4. The number of hydrogen-bond acceptors (Lipinski definition) is 30. The molecule has 2 aliphatic heterocycles. The van der Waals surface area contributed by atoms with Gasteiger partial charge in [-0.2, -0.15) is 0 Å². The van der Waals surface area contributed by atoms with Crippen molar-refractivity contribution in [3.05, 3.63) is 188 Å². The minimum atomic E-state index is -0.472. The van der Waals surface area contributed by atoms with E-state index in [-0.39, 0.29) is 72.2 Å². The van der Waals surface area contributed by atoms with Crippen molar-refractivity contribution in [2.45, 2.75) is 105 Å². The number of carbonyl (C=O) groups is 4. The number of piperazine rings is 2. The van der Waals surface area contributed by atoms with Crippen LogP contribution in [0.25, 0.3) is 87.3 Å². The number of ether oxygens (including phenoxy) is 2. The van der Waals surface area contributed by atoms with Crippen LogP contribution in [0.4, 0.5) is 17.6 Å². The van der Waals surface area contributed by atoms with Gasteiger partial charge in [0.05, 0.1) is 52.7 Å². The summed E-state index contributed by atoms with van der Waals surface area (Å²) in [6.07, 6.45) is 0. The Morgan fingerprint density at radius 1 is 0.529 bits per heavy atom. The van der Waals surface area contributed by atoms with Crippen molar-refractivity contribution in [3.63, 3.8) is 0 Å². The van der Waals surface area contributed by atoms with Crippen LogP contribution in [0.1, 0.15) is 127 Å². The molecule has 0 saturated carbocycles. The van der Waals surface area contributed by atoms with Crippen LogP contribution in [0.2, 0.25) is 6.82 Å².